The normalized spacial score (nSPS) is 16.2. The molecule has 1 aliphatic carbocycles. The molecule has 1 saturated carbocycles. The van der Waals surface area contributed by atoms with E-state index in [1.807, 2.05) is 0 Å². The van der Waals surface area contributed by atoms with E-state index in [1.165, 1.54) is 25.0 Å². The van der Waals surface area contributed by atoms with Crippen LogP contribution in [0.2, 0.25) is 0 Å². The Hall–Kier alpha value is -1.62. The molecule has 5 heteroatoms. The molecule has 0 saturated heterocycles. The zero-order valence-corrected chi connectivity index (χ0v) is 10.2. The van der Waals surface area contributed by atoms with E-state index in [9.17, 15) is 4.39 Å². The lowest BCUT2D eigenvalue weighted by Gasteiger charge is -2.21. The van der Waals surface area contributed by atoms with Crippen LogP contribution in [0.25, 0.3) is 0 Å². The minimum atomic E-state index is -0.214. The second kappa shape index (κ2) is 5.82. The third-order valence-electron chi connectivity index (χ3n) is 3.15. The lowest BCUT2D eigenvalue weighted by molar-refractivity contribution is 0.259. The first-order valence-corrected chi connectivity index (χ1v) is 6.14. The number of halogens is 1. The number of hydrogen-bond donors (Lipinski definition) is 2. The average Bonchev–Trinajstić information content (AvgIpc) is 3.20. The van der Waals surface area contributed by atoms with Gasteiger partial charge >= 0.3 is 0 Å². The van der Waals surface area contributed by atoms with Crippen LogP contribution in [0.5, 0.6) is 0 Å². The monoisotopic (exact) mass is 251 g/mol. The van der Waals surface area contributed by atoms with Crippen molar-refractivity contribution in [1.82, 2.24) is 4.90 Å². The van der Waals surface area contributed by atoms with Crippen molar-refractivity contribution >= 4 is 5.84 Å². The third kappa shape index (κ3) is 3.70. The molecule has 0 aromatic heterocycles. The number of nitrogens with two attached hydrogens (primary N) is 1. The molecule has 1 aliphatic rings. The highest BCUT2D eigenvalue weighted by atomic mass is 19.1. The van der Waals surface area contributed by atoms with Gasteiger partial charge in [0, 0.05) is 25.6 Å². The maximum Gasteiger partial charge on any atom is 0.140 e. The summed E-state index contributed by atoms with van der Waals surface area (Å²) in [5.41, 5.74) is 6.56. The second-order valence-corrected chi connectivity index (χ2v) is 4.67. The Balaban J connectivity index is 1.92. The van der Waals surface area contributed by atoms with Gasteiger partial charge in [-0.2, -0.15) is 0 Å². The van der Waals surface area contributed by atoms with Gasteiger partial charge in [-0.3, -0.25) is 4.90 Å². The van der Waals surface area contributed by atoms with Gasteiger partial charge in [-0.1, -0.05) is 17.3 Å². The first-order chi connectivity index (χ1) is 8.69. The molecule has 0 bridgehead atoms. The van der Waals surface area contributed by atoms with Gasteiger partial charge in [-0.15, -0.1) is 0 Å². The van der Waals surface area contributed by atoms with Crippen molar-refractivity contribution in [3.05, 3.63) is 35.6 Å². The predicted octanol–water partition coefficient (Wildman–Crippen LogP) is 1.93. The molecule has 0 spiro atoms. The fraction of sp³-hybridized carbons (Fsp3) is 0.462. The molecular formula is C13H18FN3O. The second-order valence-electron chi connectivity index (χ2n) is 4.67. The molecule has 0 heterocycles. The molecule has 0 radical (unpaired) electrons. The smallest absolute Gasteiger partial charge is 0.140 e. The van der Waals surface area contributed by atoms with Crippen LogP contribution in [0.15, 0.2) is 29.4 Å². The van der Waals surface area contributed by atoms with E-state index in [2.05, 4.69) is 10.1 Å². The molecule has 98 valence electrons. The van der Waals surface area contributed by atoms with Gasteiger partial charge in [0.25, 0.3) is 0 Å². The van der Waals surface area contributed by atoms with Crippen LogP contribution in [0.3, 0.4) is 0 Å². The van der Waals surface area contributed by atoms with Crippen molar-refractivity contribution in [3.63, 3.8) is 0 Å². The fourth-order valence-electron chi connectivity index (χ4n) is 1.96. The number of oxime groups is 1. The van der Waals surface area contributed by atoms with E-state index < -0.39 is 0 Å². The molecule has 3 N–H and O–H groups in total. The maximum absolute atomic E-state index is 12.8. The molecule has 0 unspecified atom stereocenters. The van der Waals surface area contributed by atoms with Crippen LogP contribution in [0.1, 0.15) is 24.8 Å². The largest absolute Gasteiger partial charge is 0.409 e. The topological polar surface area (TPSA) is 61.8 Å². The number of hydrogen-bond acceptors (Lipinski definition) is 3. The van der Waals surface area contributed by atoms with Gasteiger partial charge in [0.1, 0.15) is 11.7 Å². The first-order valence-electron chi connectivity index (χ1n) is 6.14. The van der Waals surface area contributed by atoms with Crippen LogP contribution in [0, 0.1) is 5.82 Å². The van der Waals surface area contributed by atoms with Gasteiger partial charge < -0.3 is 10.9 Å². The molecule has 18 heavy (non-hydrogen) atoms. The fourth-order valence-corrected chi connectivity index (χ4v) is 1.96. The minimum Gasteiger partial charge on any atom is -0.409 e. The summed E-state index contributed by atoms with van der Waals surface area (Å²) in [5.74, 6) is 0.0353. The number of benzene rings is 1. The van der Waals surface area contributed by atoms with E-state index in [-0.39, 0.29) is 11.7 Å². The van der Waals surface area contributed by atoms with Crippen molar-refractivity contribution in [2.24, 2.45) is 10.9 Å². The van der Waals surface area contributed by atoms with Crippen LogP contribution >= 0.6 is 0 Å². The highest BCUT2D eigenvalue weighted by Crippen LogP contribution is 2.28. The summed E-state index contributed by atoms with van der Waals surface area (Å²) in [4.78, 5) is 2.30. The van der Waals surface area contributed by atoms with Gasteiger partial charge in [0.05, 0.1) is 0 Å². The molecule has 1 fully saturated rings. The van der Waals surface area contributed by atoms with Gasteiger partial charge in [-0.05, 0) is 30.5 Å². The lowest BCUT2D eigenvalue weighted by atomic mass is 10.2. The van der Waals surface area contributed by atoms with Crippen molar-refractivity contribution < 1.29 is 9.60 Å². The molecular weight excluding hydrogens is 233 g/mol. The number of rotatable bonds is 6. The van der Waals surface area contributed by atoms with E-state index in [0.717, 1.165) is 18.7 Å². The third-order valence-corrected chi connectivity index (χ3v) is 3.15. The average molecular weight is 251 g/mol. The molecule has 4 nitrogen and oxygen atoms in total. The zero-order valence-electron chi connectivity index (χ0n) is 10.2. The van der Waals surface area contributed by atoms with Crippen molar-refractivity contribution in [1.29, 1.82) is 0 Å². The lowest BCUT2D eigenvalue weighted by Crippen LogP contribution is -2.29. The Kier molecular flexibility index (Phi) is 4.15. The van der Waals surface area contributed by atoms with Crippen LogP contribution in [-0.2, 0) is 6.54 Å². The Labute approximate surface area is 106 Å². The SMILES string of the molecule is NC(CCN(Cc1ccc(F)cc1)C1CC1)=NO. The van der Waals surface area contributed by atoms with E-state index in [4.69, 9.17) is 10.9 Å². The Morgan fingerprint density at radius 2 is 2.06 bits per heavy atom. The molecule has 2 rings (SSSR count). The summed E-state index contributed by atoms with van der Waals surface area (Å²) in [5, 5.41) is 11.5. The summed E-state index contributed by atoms with van der Waals surface area (Å²) in [6.07, 6.45) is 2.93. The van der Waals surface area contributed by atoms with E-state index in [0.29, 0.717) is 12.5 Å². The first kappa shape index (κ1) is 12.8. The van der Waals surface area contributed by atoms with Crippen LogP contribution in [0.4, 0.5) is 4.39 Å². The predicted molar refractivity (Wildman–Crippen MR) is 67.9 cm³/mol. The van der Waals surface area contributed by atoms with E-state index in [1.54, 1.807) is 12.1 Å². The molecule has 1 aromatic rings. The quantitative estimate of drug-likeness (QED) is 0.351. The Morgan fingerprint density at radius 1 is 1.39 bits per heavy atom. The van der Waals surface area contributed by atoms with Crippen molar-refractivity contribution in [2.45, 2.75) is 31.8 Å². The summed E-state index contributed by atoms with van der Waals surface area (Å²) in [6, 6.07) is 7.14. The standard InChI is InChI=1S/C13H18FN3O/c14-11-3-1-10(2-4-11)9-17(12-5-6-12)8-7-13(15)16-18/h1-4,12,18H,5-9H2,(H2,15,16). The zero-order chi connectivity index (χ0) is 13.0. The Bertz CT molecular complexity index is 415. The summed E-state index contributed by atoms with van der Waals surface area (Å²) in [6.45, 7) is 1.54. The highest BCUT2D eigenvalue weighted by molar-refractivity contribution is 5.79. The number of nitrogens with zero attached hydrogens (tertiary/aromatic N) is 2. The van der Waals surface area contributed by atoms with Crippen LogP contribution in [-0.4, -0.2) is 28.5 Å². The van der Waals surface area contributed by atoms with E-state index >= 15 is 0 Å². The summed E-state index contributed by atoms with van der Waals surface area (Å²) >= 11 is 0. The van der Waals surface area contributed by atoms with Gasteiger partial charge in [0.15, 0.2) is 0 Å². The molecule has 1 aromatic carbocycles. The Morgan fingerprint density at radius 3 is 2.61 bits per heavy atom. The summed E-state index contributed by atoms with van der Waals surface area (Å²) in [7, 11) is 0. The summed E-state index contributed by atoms with van der Waals surface area (Å²) < 4.78 is 12.8. The number of amidine groups is 1. The molecule has 0 amide bonds. The highest BCUT2D eigenvalue weighted by Gasteiger charge is 2.28. The van der Waals surface area contributed by atoms with Crippen molar-refractivity contribution in [2.75, 3.05) is 6.54 Å². The van der Waals surface area contributed by atoms with Gasteiger partial charge in [0.2, 0.25) is 0 Å². The van der Waals surface area contributed by atoms with Crippen molar-refractivity contribution in [3.8, 4) is 0 Å². The molecule has 0 aliphatic heterocycles. The maximum atomic E-state index is 12.8. The minimum absolute atomic E-state index is 0.214. The van der Waals surface area contributed by atoms with Crippen LogP contribution < -0.4 is 5.73 Å². The molecule has 0 atom stereocenters. The van der Waals surface area contributed by atoms with Gasteiger partial charge in [-0.25, -0.2) is 4.39 Å².